The Kier molecular flexibility index (Phi) is 4.23. The van der Waals surface area contributed by atoms with Gasteiger partial charge in [0.25, 0.3) is 0 Å². The van der Waals surface area contributed by atoms with Gasteiger partial charge in [-0.2, -0.15) is 0 Å². The highest BCUT2D eigenvalue weighted by atomic mass is 19.1. The fraction of sp³-hybridized carbons (Fsp3) is 0.333. The molecule has 0 atom stereocenters. The number of anilines is 2. The first kappa shape index (κ1) is 14.3. The minimum absolute atomic E-state index is 0.171. The average molecular weight is 286 g/mol. The van der Waals surface area contributed by atoms with Crippen molar-refractivity contribution >= 4 is 11.7 Å². The van der Waals surface area contributed by atoms with Gasteiger partial charge in [0.05, 0.1) is 6.54 Å². The van der Waals surface area contributed by atoms with Crippen LogP contribution in [0.25, 0.3) is 0 Å². The van der Waals surface area contributed by atoms with Gasteiger partial charge < -0.3 is 15.1 Å². The van der Waals surface area contributed by atoms with E-state index < -0.39 is 23.1 Å². The van der Waals surface area contributed by atoms with Gasteiger partial charge in [0.2, 0.25) is 5.89 Å². The van der Waals surface area contributed by atoms with E-state index in [0.717, 1.165) is 0 Å². The van der Waals surface area contributed by atoms with E-state index in [1.807, 2.05) is 13.8 Å². The maximum Gasteiger partial charge on any atom is 0.320 e. The Labute approximate surface area is 113 Å². The summed E-state index contributed by atoms with van der Waals surface area (Å²) in [5.74, 6) is -2.90. The van der Waals surface area contributed by atoms with Gasteiger partial charge in [-0.15, -0.1) is 5.10 Å². The zero-order chi connectivity index (χ0) is 14.7. The monoisotopic (exact) mass is 286 g/mol. The van der Waals surface area contributed by atoms with E-state index >= 15 is 0 Å². The standard InChI is InChI=1S/C12H13F3N4O/c1-6(2)16-5-10-18-19-12(20-10)17-11-8(14)3-7(13)4-9(11)15/h3-4,6,16H,5H2,1-2H3,(H,17,19). The van der Waals surface area contributed by atoms with E-state index in [0.29, 0.717) is 18.7 Å². The molecular formula is C12H13F3N4O. The van der Waals surface area contributed by atoms with Crippen LogP contribution in [0.2, 0.25) is 0 Å². The number of aromatic nitrogens is 2. The third-order valence-corrected chi connectivity index (χ3v) is 2.37. The Bertz CT molecular complexity index is 577. The van der Waals surface area contributed by atoms with Crippen molar-refractivity contribution in [3.63, 3.8) is 0 Å². The molecule has 2 N–H and O–H groups in total. The molecule has 5 nitrogen and oxygen atoms in total. The Morgan fingerprint density at radius 3 is 2.40 bits per heavy atom. The molecule has 108 valence electrons. The van der Waals surface area contributed by atoms with Crippen molar-refractivity contribution in [3.05, 3.63) is 35.5 Å². The molecule has 0 fully saturated rings. The van der Waals surface area contributed by atoms with Gasteiger partial charge in [0.15, 0.2) is 11.6 Å². The average Bonchev–Trinajstić information content (AvgIpc) is 2.79. The number of nitrogens with zero attached hydrogens (tertiary/aromatic N) is 2. The van der Waals surface area contributed by atoms with Crippen molar-refractivity contribution < 1.29 is 17.6 Å². The third kappa shape index (κ3) is 3.47. The predicted octanol–water partition coefficient (Wildman–Crippen LogP) is 2.73. The van der Waals surface area contributed by atoms with E-state index in [1.54, 1.807) is 0 Å². The predicted molar refractivity (Wildman–Crippen MR) is 65.9 cm³/mol. The summed E-state index contributed by atoms with van der Waals surface area (Å²) in [6, 6.07) is 1.17. The van der Waals surface area contributed by atoms with Crippen LogP contribution in [0.4, 0.5) is 24.9 Å². The van der Waals surface area contributed by atoms with Crippen molar-refractivity contribution in [2.45, 2.75) is 26.4 Å². The highest BCUT2D eigenvalue weighted by Crippen LogP contribution is 2.23. The van der Waals surface area contributed by atoms with E-state index in [2.05, 4.69) is 20.8 Å². The van der Waals surface area contributed by atoms with E-state index in [9.17, 15) is 13.2 Å². The second kappa shape index (κ2) is 5.91. The lowest BCUT2D eigenvalue weighted by Gasteiger charge is -2.05. The Hall–Kier alpha value is -2.09. The topological polar surface area (TPSA) is 63.0 Å². The van der Waals surface area contributed by atoms with E-state index in [-0.39, 0.29) is 17.9 Å². The van der Waals surface area contributed by atoms with Crippen LogP contribution >= 0.6 is 0 Å². The molecule has 0 spiro atoms. The molecule has 2 aromatic rings. The quantitative estimate of drug-likeness (QED) is 0.885. The number of hydrogen-bond acceptors (Lipinski definition) is 5. The van der Waals surface area contributed by atoms with Gasteiger partial charge in [-0.1, -0.05) is 18.9 Å². The number of nitrogens with one attached hydrogen (secondary N) is 2. The third-order valence-electron chi connectivity index (χ3n) is 2.37. The van der Waals surface area contributed by atoms with Gasteiger partial charge in [-0.25, -0.2) is 13.2 Å². The lowest BCUT2D eigenvalue weighted by molar-refractivity contribution is 0.459. The van der Waals surface area contributed by atoms with E-state index in [1.165, 1.54) is 0 Å². The Morgan fingerprint density at radius 1 is 1.15 bits per heavy atom. The van der Waals surface area contributed by atoms with Gasteiger partial charge >= 0.3 is 6.01 Å². The molecule has 0 saturated heterocycles. The van der Waals surface area contributed by atoms with Crippen molar-refractivity contribution in [2.24, 2.45) is 0 Å². The molecule has 0 amide bonds. The van der Waals surface area contributed by atoms with Crippen LogP contribution in [0.3, 0.4) is 0 Å². The van der Waals surface area contributed by atoms with Crippen molar-refractivity contribution in [1.29, 1.82) is 0 Å². The smallest absolute Gasteiger partial charge is 0.320 e. The summed E-state index contributed by atoms with van der Waals surface area (Å²) in [6.07, 6.45) is 0. The highest BCUT2D eigenvalue weighted by molar-refractivity contribution is 5.53. The lowest BCUT2D eigenvalue weighted by Crippen LogP contribution is -2.21. The van der Waals surface area contributed by atoms with E-state index in [4.69, 9.17) is 4.42 Å². The van der Waals surface area contributed by atoms with Crippen LogP contribution in [0.15, 0.2) is 16.5 Å². The Morgan fingerprint density at radius 2 is 1.80 bits per heavy atom. The second-order valence-electron chi connectivity index (χ2n) is 4.41. The Balaban J connectivity index is 2.11. The highest BCUT2D eigenvalue weighted by Gasteiger charge is 2.14. The first-order valence-electron chi connectivity index (χ1n) is 5.93. The minimum Gasteiger partial charge on any atom is -0.406 e. The second-order valence-corrected chi connectivity index (χ2v) is 4.41. The molecule has 8 heteroatoms. The summed E-state index contributed by atoms with van der Waals surface area (Å²) in [5.41, 5.74) is -0.543. The van der Waals surface area contributed by atoms with Crippen LogP contribution in [-0.2, 0) is 6.54 Å². The van der Waals surface area contributed by atoms with Crippen molar-refractivity contribution in [3.8, 4) is 0 Å². The van der Waals surface area contributed by atoms with Gasteiger partial charge in [0, 0.05) is 18.2 Å². The maximum absolute atomic E-state index is 13.4. The molecule has 0 aliphatic rings. The van der Waals surface area contributed by atoms with Gasteiger partial charge in [-0.05, 0) is 0 Å². The fourth-order valence-electron chi connectivity index (χ4n) is 1.44. The molecule has 0 unspecified atom stereocenters. The minimum atomic E-state index is -1.08. The summed E-state index contributed by atoms with van der Waals surface area (Å²) in [4.78, 5) is 0. The van der Waals surface area contributed by atoms with Crippen molar-refractivity contribution in [1.82, 2.24) is 15.5 Å². The van der Waals surface area contributed by atoms with Crippen LogP contribution < -0.4 is 10.6 Å². The molecule has 0 saturated carbocycles. The summed E-state index contributed by atoms with van der Waals surface area (Å²) in [6.45, 7) is 4.22. The van der Waals surface area contributed by atoms with Crippen molar-refractivity contribution in [2.75, 3.05) is 5.32 Å². The van der Waals surface area contributed by atoms with Crippen LogP contribution in [0.1, 0.15) is 19.7 Å². The number of benzene rings is 1. The molecule has 0 bridgehead atoms. The molecule has 1 aromatic heterocycles. The molecule has 20 heavy (non-hydrogen) atoms. The summed E-state index contributed by atoms with van der Waals surface area (Å²) >= 11 is 0. The van der Waals surface area contributed by atoms with Crippen LogP contribution in [0.5, 0.6) is 0 Å². The first-order chi connectivity index (χ1) is 9.45. The summed E-state index contributed by atoms with van der Waals surface area (Å²) < 4.78 is 44.7. The fourth-order valence-corrected chi connectivity index (χ4v) is 1.44. The molecule has 1 aromatic carbocycles. The molecule has 0 aliphatic heterocycles. The van der Waals surface area contributed by atoms with Crippen LogP contribution in [-0.4, -0.2) is 16.2 Å². The number of rotatable bonds is 5. The molecule has 0 radical (unpaired) electrons. The maximum atomic E-state index is 13.4. The summed E-state index contributed by atoms with van der Waals surface area (Å²) in [5, 5.41) is 12.6. The molecule has 0 aliphatic carbocycles. The SMILES string of the molecule is CC(C)NCc1nnc(Nc2c(F)cc(F)cc2F)o1. The van der Waals surface area contributed by atoms with Gasteiger partial charge in [0.1, 0.15) is 11.5 Å². The number of hydrogen-bond donors (Lipinski definition) is 2. The normalized spacial score (nSPS) is 11.1. The van der Waals surface area contributed by atoms with Crippen LogP contribution in [0, 0.1) is 17.5 Å². The zero-order valence-corrected chi connectivity index (χ0v) is 10.9. The zero-order valence-electron chi connectivity index (χ0n) is 10.9. The first-order valence-corrected chi connectivity index (χ1v) is 5.93. The largest absolute Gasteiger partial charge is 0.406 e. The number of halogens is 3. The molecule has 2 rings (SSSR count). The molecular weight excluding hydrogens is 273 g/mol. The lowest BCUT2D eigenvalue weighted by atomic mass is 10.3. The summed E-state index contributed by atoms with van der Waals surface area (Å²) in [7, 11) is 0. The molecule has 1 heterocycles. The van der Waals surface area contributed by atoms with Gasteiger partial charge in [-0.3, -0.25) is 0 Å².